The molecule has 1 rings (SSSR count). The predicted molar refractivity (Wildman–Crippen MR) is 200 cm³/mol. The van der Waals surface area contributed by atoms with Crippen LogP contribution in [0.5, 0.6) is 5.75 Å². The van der Waals surface area contributed by atoms with Gasteiger partial charge >= 0.3 is 11.9 Å². The van der Waals surface area contributed by atoms with Crippen LogP contribution in [-0.2, 0) is 44.8 Å². The van der Waals surface area contributed by atoms with Gasteiger partial charge in [0, 0.05) is 13.0 Å². The number of aromatic hydroxyl groups is 1. The van der Waals surface area contributed by atoms with Gasteiger partial charge in [-0.1, -0.05) is 26.0 Å². The zero-order chi connectivity index (χ0) is 42.5. The van der Waals surface area contributed by atoms with E-state index in [2.05, 4.69) is 31.9 Å². The Bertz CT molecular complexity index is 1540. The number of amides is 6. The first-order valence-electron chi connectivity index (χ1n) is 17.8. The van der Waals surface area contributed by atoms with E-state index in [0.29, 0.717) is 31.4 Å². The summed E-state index contributed by atoms with van der Waals surface area (Å²) in [6.45, 7) is 3.58. The summed E-state index contributed by atoms with van der Waals surface area (Å²) in [6, 6.07) is -3.22. The molecule has 0 radical (unpaired) electrons. The largest absolute Gasteiger partial charge is 0.508 e. The van der Waals surface area contributed by atoms with Gasteiger partial charge < -0.3 is 70.2 Å². The topological polar surface area (TPSA) is 397 Å². The molecule has 0 bridgehead atoms. The number of benzene rings is 1. The van der Waals surface area contributed by atoms with Gasteiger partial charge in [0.1, 0.15) is 36.0 Å². The van der Waals surface area contributed by atoms with Crippen molar-refractivity contribution in [3.05, 3.63) is 29.8 Å². The quantitative estimate of drug-likeness (QED) is 0.0243. The molecule has 0 saturated heterocycles. The van der Waals surface area contributed by atoms with Crippen molar-refractivity contribution in [3.63, 3.8) is 0 Å². The molecule has 0 fully saturated rings. The molecule has 0 spiro atoms. The minimum Gasteiger partial charge on any atom is -0.508 e. The van der Waals surface area contributed by atoms with Crippen LogP contribution >= 0.6 is 0 Å². The van der Waals surface area contributed by atoms with Crippen LogP contribution in [0.15, 0.2) is 24.3 Å². The van der Waals surface area contributed by atoms with Crippen molar-refractivity contribution >= 4 is 53.3 Å². The first kappa shape index (κ1) is 48.0. The SMILES string of the molecule is CC(C)[C@H](NC(=O)[C@H](CC(=O)O)NC(=O)[C@H](CC(N)=O)NC(=O)[C@@H](N)CCCNC(=N)N)C(=O)N[C@@H](Cc1ccc(O)cc1)C(=O)N[C@@H](CCCCN)C(=O)O. The Morgan fingerprint density at radius 1 is 0.696 bits per heavy atom. The molecule has 6 atom stereocenters. The van der Waals surface area contributed by atoms with Gasteiger partial charge in [-0.05, 0) is 62.3 Å². The van der Waals surface area contributed by atoms with Crippen molar-refractivity contribution in [2.45, 2.75) is 101 Å². The van der Waals surface area contributed by atoms with Gasteiger partial charge in [0.05, 0.1) is 18.9 Å². The zero-order valence-corrected chi connectivity index (χ0v) is 31.3. The molecular weight excluding hydrogens is 738 g/mol. The van der Waals surface area contributed by atoms with Crippen molar-refractivity contribution in [2.24, 2.45) is 28.9 Å². The van der Waals surface area contributed by atoms with Gasteiger partial charge in [-0.3, -0.25) is 39.0 Å². The lowest BCUT2D eigenvalue weighted by Crippen LogP contribution is -2.61. The summed E-state index contributed by atoms with van der Waals surface area (Å²) in [4.78, 5) is 102. The van der Waals surface area contributed by atoms with Gasteiger partial charge in [-0.2, -0.15) is 0 Å². The van der Waals surface area contributed by atoms with Crippen LogP contribution in [0.25, 0.3) is 0 Å². The number of carbonyl (C=O) groups excluding carboxylic acids is 6. The number of unbranched alkanes of at least 4 members (excludes halogenated alkanes) is 1. The highest BCUT2D eigenvalue weighted by Gasteiger charge is 2.35. The normalized spacial score (nSPS) is 14.1. The van der Waals surface area contributed by atoms with Crippen molar-refractivity contribution in [1.29, 1.82) is 5.41 Å². The summed E-state index contributed by atoms with van der Waals surface area (Å²) in [7, 11) is 0. The van der Waals surface area contributed by atoms with Crippen molar-refractivity contribution in [1.82, 2.24) is 31.9 Å². The number of carboxylic acids is 2. The van der Waals surface area contributed by atoms with Crippen molar-refractivity contribution < 1.29 is 53.7 Å². The van der Waals surface area contributed by atoms with E-state index in [1.807, 2.05) is 0 Å². The number of carbonyl (C=O) groups is 8. The van der Waals surface area contributed by atoms with E-state index in [4.69, 9.17) is 28.3 Å². The number of phenols is 1. The third-order valence-electron chi connectivity index (χ3n) is 8.21. The fourth-order valence-corrected chi connectivity index (χ4v) is 5.17. The molecule has 0 aliphatic rings. The van der Waals surface area contributed by atoms with E-state index < -0.39 is 102 Å². The van der Waals surface area contributed by atoms with Gasteiger partial charge in [0.25, 0.3) is 0 Å². The Morgan fingerprint density at radius 2 is 1.23 bits per heavy atom. The summed E-state index contributed by atoms with van der Waals surface area (Å²) in [5.74, 6) is -9.94. The molecule has 0 aliphatic heterocycles. The third kappa shape index (κ3) is 18.3. The third-order valence-corrected chi connectivity index (χ3v) is 8.21. The second-order valence-corrected chi connectivity index (χ2v) is 13.3. The molecule has 0 heterocycles. The molecule has 22 heteroatoms. The number of carboxylic acid groups (broad SMARTS) is 2. The van der Waals surface area contributed by atoms with Crippen LogP contribution in [0.1, 0.15) is 64.4 Å². The maximum Gasteiger partial charge on any atom is 0.326 e. The van der Waals surface area contributed by atoms with Gasteiger partial charge in [0.15, 0.2) is 5.96 Å². The van der Waals surface area contributed by atoms with E-state index >= 15 is 0 Å². The highest BCUT2D eigenvalue weighted by atomic mass is 16.4. The Kier molecular flexibility index (Phi) is 20.9. The second-order valence-electron chi connectivity index (χ2n) is 13.3. The number of nitrogens with one attached hydrogen (secondary N) is 7. The molecule has 0 aliphatic carbocycles. The predicted octanol–water partition coefficient (Wildman–Crippen LogP) is -3.83. The van der Waals surface area contributed by atoms with E-state index in [9.17, 15) is 53.7 Å². The monoisotopic (exact) mass is 793 g/mol. The molecule has 1 aromatic carbocycles. The maximum atomic E-state index is 13.7. The molecule has 18 N–H and O–H groups in total. The number of hydrogen-bond donors (Lipinski definition) is 14. The highest BCUT2D eigenvalue weighted by Crippen LogP contribution is 2.13. The number of phenolic OH excluding ortho intramolecular Hbond substituents is 1. The first-order valence-corrected chi connectivity index (χ1v) is 17.8. The first-order chi connectivity index (χ1) is 26.2. The second kappa shape index (κ2) is 24.4. The number of aliphatic carboxylic acids is 2. The number of nitrogens with two attached hydrogens (primary N) is 4. The molecule has 0 unspecified atom stereocenters. The molecule has 0 aromatic heterocycles. The van der Waals surface area contributed by atoms with Crippen LogP contribution in [0.4, 0.5) is 0 Å². The number of rotatable bonds is 26. The average molecular weight is 794 g/mol. The number of hydrogen-bond acceptors (Lipinski definition) is 12. The van der Waals surface area contributed by atoms with Crippen molar-refractivity contribution in [3.8, 4) is 5.75 Å². The minimum absolute atomic E-state index is 0.0518. The molecule has 0 saturated carbocycles. The maximum absolute atomic E-state index is 13.7. The molecule has 312 valence electrons. The number of guanidine groups is 1. The summed E-state index contributed by atoms with van der Waals surface area (Å²) < 4.78 is 0. The van der Waals surface area contributed by atoms with Crippen molar-refractivity contribution in [2.75, 3.05) is 13.1 Å². The standard InChI is InChI=1S/C34H55N11O11/c1-17(2)27(32(54)44-22(14-18-8-10-19(46)11-9-18)29(51)41-21(33(55)56)7-3-4-12-35)45-31(53)24(16-26(48)49)43-30(52)23(15-25(37)47)42-28(50)20(36)6-5-13-40-34(38)39/h8-11,17,20-24,27,46H,3-7,12-16,35-36H2,1-2H3,(H2,37,47)(H,41,51)(H,42,50)(H,43,52)(H,44,54)(H,45,53)(H,48,49)(H,55,56)(H4,38,39,40)/t20-,21-,22-,23-,24-,27-/m0/s1. The summed E-state index contributed by atoms with van der Waals surface area (Å²) in [5.41, 5.74) is 22.3. The summed E-state index contributed by atoms with van der Waals surface area (Å²) in [5, 5.41) is 50.4. The minimum atomic E-state index is -1.85. The van der Waals surface area contributed by atoms with Gasteiger partial charge in [-0.25, -0.2) is 4.79 Å². The lowest BCUT2D eigenvalue weighted by Gasteiger charge is -2.28. The zero-order valence-electron chi connectivity index (χ0n) is 31.3. The summed E-state index contributed by atoms with van der Waals surface area (Å²) in [6.07, 6.45) is -0.610. The van der Waals surface area contributed by atoms with Crippen LogP contribution < -0.4 is 54.8 Å². The fraction of sp³-hybridized carbons (Fsp3) is 0.559. The van der Waals surface area contributed by atoms with Crippen LogP contribution in [0.2, 0.25) is 0 Å². The molecule has 6 amide bonds. The lowest BCUT2D eigenvalue weighted by atomic mass is 9.99. The molecule has 56 heavy (non-hydrogen) atoms. The van der Waals surface area contributed by atoms with E-state index in [-0.39, 0.29) is 37.5 Å². The van der Waals surface area contributed by atoms with E-state index in [0.717, 1.165) is 0 Å². The van der Waals surface area contributed by atoms with Crippen LogP contribution in [0.3, 0.4) is 0 Å². The Labute approximate surface area is 323 Å². The lowest BCUT2D eigenvalue weighted by molar-refractivity contribution is -0.142. The van der Waals surface area contributed by atoms with Crippen LogP contribution in [-0.4, -0.2) is 118 Å². The fourth-order valence-electron chi connectivity index (χ4n) is 5.17. The van der Waals surface area contributed by atoms with Gasteiger partial charge in [0.2, 0.25) is 35.4 Å². The molecule has 1 aromatic rings. The van der Waals surface area contributed by atoms with E-state index in [1.54, 1.807) is 0 Å². The Hall–Kier alpha value is -6.03. The smallest absolute Gasteiger partial charge is 0.326 e. The summed E-state index contributed by atoms with van der Waals surface area (Å²) >= 11 is 0. The number of primary amides is 1. The van der Waals surface area contributed by atoms with Crippen LogP contribution in [0, 0.1) is 11.3 Å². The Morgan fingerprint density at radius 3 is 1.77 bits per heavy atom. The van der Waals surface area contributed by atoms with Gasteiger partial charge in [-0.15, -0.1) is 0 Å². The average Bonchev–Trinajstić information content (AvgIpc) is 3.10. The van der Waals surface area contributed by atoms with E-state index in [1.165, 1.54) is 38.1 Å². The molecule has 22 nitrogen and oxygen atoms in total. The molecular formula is C34H55N11O11. The highest BCUT2D eigenvalue weighted by molar-refractivity contribution is 5.98. The Balaban J connectivity index is 3.26.